The van der Waals surface area contributed by atoms with Gasteiger partial charge < -0.3 is 9.80 Å². The Morgan fingerprint density at radius 1 is 1.37 bits per heavy atom. The summed E-state index contributed by atoms with van der Waals surface area (Å²) in [6.07, 6.45) is 3.26. The Labute approximate surface area is 117 Å². The van der Waals surface area contributed by atoms with Crippen LogP contribution >= 0.6 is 0 Å². The SMILES string of the molecule is CN(CCC#N)C1CCN(C(=O)CC(C)(C)C)CC1. The third-order valence-corrected chi connectivity index (χ3v) is 3.70. The molecule has 0 aromatic heterocycles. The number of carbonyl (C=O) groups excluding carboxylic acids is 1. The van der Waals surface area contributed by atoms with Gasteiger partial charge in [-0.15, -0.1) is 0 Å². The van der Waals surface area contributed by atoms with Gasteiger partial charge in [-0.2, -0.15) is 5.26 Å². The summed E-state index contributed by atoms with van der Waals surface area (Å²) in [5.74, 6) is 0.283. The van der Waals surface area contributed by atoms with Gasteiger partial charge in [-0.1, -0.05) is 20.8 Å². The van der Waals surface area contributed by atoms with Crippen molar-refractivity contribution in [3.05, 3.63) is 0 Å². The van der Waals surface area contributed by atoms with E-state index < -0.39 is 0 Å². The molecule has 0 bridgehead atoms. The van der Waals surface area contributed by atoms with Gasteiger partial charge in [0.2, 0.25) is 5.91 Å². The van der Waals surface area contributed by atoms with Crippen LogP contribution in [0.4, 0.5) is 0 Å². The van der Waals surface area contributed by atoms with Crippen molar-refractivity contribution in [3.63, 3.8) is 0 Å². The molecule has 0 saturated carbocycles. The maximum atomic E-state index is 12.1. The zero-order chi connectivity index (χ0) is 14.5. The maximum Gasteiger partial charge on any atom is 0.223 e. The van der Waals surface area contributed by atoms with Crippen LogP contribution in [0.3, 0.4) is 0 Å². The predicted octanol–water partition coefficient (Wildman–Crippen LogP) is 2.26. The minimum absolute atomic E-state index is 0.0670. The third-order valence-electron chi connectivity index (χ3n) is 3.70. The van der Waals surface area contributed by atoms with Crippen molar-refractivity contribution in [2.45, 2.75) is 52.5 Å². The number of piperidine rings is 1. The van der Waals surface area contributed by atoms with E-state index in [0.717, 1.165) is 32.5 Å². The highest BCUT2D eigenvalue weighted by Crippen LogP contribution is 2.22. The molecule has 0 radical (unpaired) electrons. The van der Waals surface area contributed by atoms with E-state index in [-0.39, 0.29) is 11.3 Å². The molecule has 4 nitrogen and oxygen atoms in total. The Bertz CT molecular complexity index is 332. The fourth-order valence-electron chi connectivity index (χ4n) is 2.53. The van der Waals surface area contributed by atoms with Gasteiger partial charge in [0, 0.05) is 38.5 Å². The summed E-state index contributed by atoms with van der Waals surface area (Å²) < 4.78 is 0. The lowest BCUT2D eigenvalue weighted by molar-refractivity contribution is -0.134. The van der Waals surface area contributed by atoms with E-state index in [1.807, 2.05) is 4.90 Å². The van der Waals surface area contributed by atoms with Gasteiger partial charge in [0.15, 0.2) is 0 Å². The molecule has 0 aromatic carbocycles. The monoisotopic (exact) mass is 265 g/mol. The number of nitrogens with zero attached hydrogens (tertiary/aromatic N) is 3. The topological polar surface area (TPSA) is 47.3 Å². The molecule has 1 aliphatic heterocycles. The van der Waals surface area contributed by atoms with Crippen molar-refractivity contribution in [3.8, 4) is 6.07 Å². The highest BCUT2D eigenvalue weighted by Gasteiger charge is 2.27. The van der Waals surface area contributed by atoms with Crippen molar-refractivity contribution >= 4 is 5.91 Å². The first-order chi connectivity index (χ1) is 8.83. The fraction of sp³-hybridized carbons (Fsp3) is 0.867. The molecule has 4 heteroatoms. The first kappa shape index (κ1) is 16.0. The summed E-state index contributed by atoms with van der Waals surface area (Å²) >= 11 is 0. The predicted molar refractivity (Wildman–Crippen MR) is 76.5 cm³/mol. The first-order valence-corrected chi connectivity index (χ1v) is 7.18. The van der Waals surface area contributed by atoms with Crippen molar-refractivity contribution in [2.75, 3.05) is 26.7 Å². The molecule has 19 heavy (non-hydrogen) atoms. The first-order valence-electron chi connectivity index (χ1n) is 7.18. The van der Waals surface area contributed by atoms with Gasteiger partial charge in [0.05, 0.1) is 6.07 Å². The van der Waals surface area contributed by atoms with E-state index in [2.05, 4.69) is 38.8 Å². The zero-order valence-corrected chi connectivity index (χ0v) is 12.8. The van der Waals surface area contributed by atoms with Crippen molar-refractivity contribution in [1.82, 2.24) is 9.80 Å². The summed E-state index contributed by atoms with van der Waals surface area (Å²) in [7, 11) is 2.08. The van der Waals surface area contributed by atoms with Crippen LogP contribution in [0, 0.1) is 16.7 Å². The van der Waals surface area contributed by atoms with Gasteiger partial charge in [0.25, 0.3) is 0 Å². The Kier molecular flexibility index (Phi) is 5.81. The summed E-state index contributed by atoms with van der Waals surface area (Å²) in [6.45, 7) is 8.86. The van der Waals surface area contributed by atoms with E-state index >= 15 is 0 Å². The van der Waals surface area contributed by atoms with Crippen LogP contribution in [0.2, 0.25) is 0 Å². The average molecular weight is 265 g/mol. The third kappa shape index (κ3) is 5.61. The molecule has 0 N–H and O–H groups in total. The maximum absolute atomic E-state index is 12.1. The molecule has 1 fully saturated rings. The minimum atomic E-state index is 0.0670. The lowest BCUT2D eigenvalue weighted by Gasteiger charge is -2.37. The molecule has 0 unspecified atom stereocenters. The standard InChI is InChI=1S/C15H27N3O/c1-15(2,3)12-14(19)18-10-6-13(7-11-18)17(4)9-5-8-16/h13H,5-7,9-12H2,1-4H3. The van der Waals surface area contributed by atoms with Crippen LogP contribution in [0.5, 0.6) is 0 Å². The van der Waals surface area contributed by atoms with Gasteiger partial charge in [0.1, 0.15) is 0 Å². The number of amides is 1. The number of carbonyl (C=O) groups is 1. The second-order valence-electron chi connectivity index (χ2n) is 6.74. The lowest BCUT2D eigenvalue weighted by Crippen LogP contribution is -2.46. The molecule has 0 atom stereocenters. The van der Waals surface area contributed by atoms with Gasteiger partial charge >= 0.3 is 0 Å². The van der Waals surface area contributed by atoms with Gasteiger partial charge in [-0.3, -0.25) is 4.79 Å². The smallest absolute Gasteiger partial charge is 0.223 e. The van der Waals surface area contributed by atoms with E-state index in [1.54, 1.807) is 0 Å². The number of hydrogen-bond donors (Lipinski definition) is 0. The van der Waals surface area contributed by atoms with Crippen LogP contribution in [0.15, 0.2) is 0 Å². The number of hydrogen-bond acceptors (Lipinski definition) is 3. The number of rotatable bonds is 4. The summed E-state index contributed by atoms with van der Waals surface area (Å²) in [5, 5.41) is 8.61. The molecule has 1 saturated heterocycles. The summed E-state index contributed by atoms with van der Waals surface area (Å²) in [4.78, 5) is 16.4. The summed E-state index contributed by atoms with van der Waals surface area (Å²) in [5.41, 5.74) is 0.0670. The van der Waals surface area contributed by atoms with Crippen LogP contribution in [-0.2, 0) is 4.79 Å². The minimum Gasteiger partial charge on any atom is -0.343 e. The molecule has 1 heterocycles. The second-order valence-corrected chi connectivity index (χ2v) is 6.74. The molecule has 108 valence electrons. The zero-order valence-electron chi connectivity index (χ0n) is 12.8. The van der Waals surface area contributed by atoms with E-state index in [0.29, 0.717) is 18.9 Å². The van der Waals surface area contributed by atoms with Crippen LogP contribution in [0.1, 0.15) is 46.5 Å². The van der Waals surface area contributed by atoms with Crippen molar-refractivity contribution in [1.29, 1.82) is 5.26 Å². The molecular formula is C15H27N3O. The summed E-state index contributed by atoms with van der Waals surface area (Å²) in [6, 6.07) is 2.70. The largest absolute Gasteiger partial charge is 0.343 e. The van der Waals surface area contributed by atoms with Crippen LogP contribution in [0.25, 0.3) is 0 Å². The Morgan fingerprint density at radius 2 is 1.95 bits per heavy atom. The number of likely N-dealkylation sites (tertiary alicyclic amines) is 1. The van der Waals surface area contributed by atoms with Crippen molar-refractivity contribution < 1.29 is 4.79 Å². The Morgan fingerprint density at radius 3 is 2.42 bits per heavy atom. The van der Waals surface area contributed by atoms with Gasteiger partial charge in [-0.05, 0) is 25.3 Å². The quantitative estimate of drug-likeness (QED) is 0.783. The van der Waals surface area contributed by atoms with E-state index in [1.165, 1.54) is 0 Å². The lowest BCUT2D eigenvalue weighted by atomic mass is 9.91. The second kappa shape index (κ2) is 6.91. The molecule has 1 aliphatic rings. The molecule has 0 spiro atoms. The van der Waals surface area contributed by atoms with Crippen LogP contribution < -0.4 is 0 Å². The average Bonchev–Trinajstić information content (AvgIpc) is 2.34. The molecular weight excluding hydrogens is 238 g/mol. The highest BCUT2D eigenvalue weighted by molar-refractivity contribution is 5.76. The molecule has 0 aromatic rings. The highest BCUT2D eigenvalue weighted by atomic mass is 16.2. The Balaban J connectivity index is 2.36. The molecule has 1 rings (SSSR count). The fourth-order valence-corrected chi connectivity index (χ4v) is 2.53. The van der Waals surface area contributed by atoms with E-state index in [4.69, 9.17) is 5.26 Å². The van der Waals surface area contributed by atoms with Crippen LogP contribution in [-0.4, -0.2) is 48.4 Å². The van der Waals surface area contributed by atoms with E-state index in [9.17, 15) is 4.79 Å². The molecule has 0 aliphatic carbocycles. The van der Waals surface area contributed by atoms with Gasteiger partial charge in [-0.25, -0.2) is 0 Å². The number of nitriles is 1. The Hall–Kier alpha value is -1.08. The normalized spacial score (nSPS) is 17.6. The van der Waals surface area contributed by atoms with Crippen molar-refractivity contribution in [2.24, 2.45) is 5.41 Å². The molecule has 1 amide bonds.